The molecular weight excluding hydrogens is 318 g/mol. The number of hydrogen-bond donors (Lipinski definition) is 1. The molecule has 0 bridgehead atoms. The molecule has 3 rings (SSSR count). The Kier molecular flexibility index (Phi) is 6.00. The van der Waals surface area contributed by atoms with Gasteiger partial charge in [0, 0.05) is 19.1 Å². The number of benzene rings is 1. The highest BCUT2D eigenvalue weighted by Gasteiger charge is 2.24. The van der Waals surface area contributed by atoms with Crippen LogP contribution in [0.25, 0.3) is 0 Å². The number of amides is 2. The zero-order valence-electron chi connectivity index (χ0n) is 14.5. The molecule has 7 nitrogen and oxygen atoms in total. The maximum atomic E-state index is 12.5. The molecule has 2 aromatic rings. The molecule has 2 unspecified atom stereocenters. The highest BCUT2D eigenvalue weighted by molar-refractivity contribution is 5.74. The van der Waals surface area contributed by atoms with Gasteiger partial charge in [-0.25, -0.2) is 9.78 Å². The van der Waals surface area contributed by atoms with E-state index in [0.717, 1.165) is 12.8 Å². The molecule has 2 heterocycles. The molecule has 2 atom stereocenters. The van der Waals surface area contributed by atoms with Crippen LogP contribution >= 0.6 is 0 Å². The van der Waals surface area contributed by atoms with E-state index in [1.54, 1.807) is 11.0 Å². The zero-order valence-corrected chi connectivity index (χ0v) is 14.5. The van der Waals surface area contributed by atoms with Gasteiger partial charge in [-0.2, -0.15) is 5.10 Å². The fraction of sp³-hybridized carbons (Fsp3) is 0.500. The third-order valence-electron chi connectivity index (χ3n) is 4.32. The fourth-order valence-electron chi connectivity index (χ4n) is 3.01. The number of ether oxygens (including phenoxy) is 1. The van der Waals surface area contributed by atoms with Gasteiger partial charge in [0.15, 0.2) is 0 Å². The molecule has 0 spiro atoms. The second kappa shape index (κ2) is 8.62. The molecule has 1 aromatic carbocycles. The van der Waals surface area contributed by atoms with Crippen LogP contribution in [0.5, 0.6) is 0 Å². The van der Waals surface area contributed by atoms with Crippen LogP contribution in [-0.4, -0.2) is 57.5 Å². The summed E-state index contributed by atoms with van der Waals surface area (Å²) in [5, 5.41) is 7.09. The molecule has 0 saturated carbocycles. The summed E-state index contributed by atoms with van der Waals surface area (Å²) >= 11 is 0. The topological polar surface area (TPSA) is 72.3 Å². The first-order chi connectivity index (χ1) is 12.2. The first-order valence-electron chi connectivity index (χ1n) is 8.74. The second-order valence-electron chi connectivity index (χ2n) is 6.43. The zero-order chi connectivity index (χ0) is 17.5. The number of hydrogen-bond acceptors (Lipinski definition) is 4. The van der Waals surface area contributed by atoms with Gasteiger partial charge in [-0.1, -0.05) is 30.3 Å². The Morgan fingerprint density at radius 3 is 3.00 bits per heavy atom. The van der Waals surface area contributed by atoms with Gasteiger partial charge in [0.25, 0.3) is 0 Å². The Morgan fingerprint density at radius 1 is 1.40 bits per heavy atom. The number of urea groups is 1. The monoisotopic (exact) mass is 343 g/mol. The van der Waals surface area contributed by atoms with Crippen LogP contribution in [-0.2, 0) is 17.7 Å². The summed E-state index contributed by atoms with van der Waals surface area (Å²) in [5.41, 5.74) is 1.30. The quantitative estimate of drug-likeness (QED) is 0.867. The molecule has 0 radical (unpaired) electrons. The van der Waals surface area contributed by atoms with Crippen LogP contribution in [0.3, 0.4) is 0 Å². The molecular formula is C18H25N5O2. The van der Waals surface area contributed by atoms with Crippen molar-refractivity contribution in [2.45, 2.75) is 38.5 Å². The van der Waals surface area contributed by atoms with Gasteiger partial charge in [-0.3, -0.25) is 4.68 Å². The number of nitrogens with one attached hydrogen (secondary N) is 1. The average Bonchev–Trinajstić information content (AvgIpc) is 3.14. The lowest BCUT2D eigenvalue weighted by atomic mass is 10.1. The summed E-state index contributed by atoms with van der Waals surface area (Å²) in [7, 11) is 0. The highest BCUT2D eigenvalue weighted by atomic mass is 16.5. The standard InChI is InChI=1S/C18H25N5O2/c1-15(11-23-14-19-13-20-23)21-18(24)22-9-10-25-17(12-22)8-7-16-5-3-2-4-6-16/h2-6,13-15,17H,7-12H2,1H3,(H,21,24). The molecule has 134 valence electrons. The van der Waals surface area contributed by atoms with Crippen molar-refractivity contribution < 1.29 is 9.53 Å². The van der Waals surface area contributed by atoms with E-state index < -0.39 is 0 Å². The van der Waals surface area contributed by atoms with Crippen LogP contribution in [0.15, 0.2) is 43.0 Å². The van der Waals surface area contributed by atoms with Gasteiger partial charge in [-0.05, 0) is 25.3 Å². The van der Waals surface area contributed by atoms with E-state index in [4.69, 9.17) is 4.74 Å². The Morgan fingerprint density at radius 2 is 2.24 bits per heavy atom. The van der Waals surface area contributed by atoms with E-state index in [1.807, 2.05) is 30.0 Å². The molecule has 1 aromatic heterocycles. The first-order valence-corrected chi connectivity index (χ1v) is 8.74. The number of morpholine rings is 1. The molecule has 25 heavy (non-hydrogen) atoms. The minimum absolute atomic E-state index is 0.0141. The van der Waals surface area contributed by atoms with Crippen molar-refractivity contribution in [1.29, 1.82) is 0 Å². The predicted octanol–water partition coefficient (Wildman–Crippen LogP) is 1.71. The van der Waals surface area contributed by atoms with Gasteiger partial charge in [0.05, 0.1) is 19.3 Å². The van der Waals surface area contributed by atoms with Gasteiger partial charge < -0.3 is 15.0 Å². The van der Waals surface area contributed by atoms with Crippen LogP contribution in [0, 0.1) is 0 Å². The summed E-state index contributed by atoms with van der Waals surface area (Å²) in [5.74, 6) is 0. The Bertz CT molecular complexity index is 647. The molecule has 1 fully saturated rings. The predicted molar refractivity (Wildman–Crippen MR) is 94.1 cm³/mol. The average molecular weight is 343 g/mol. The molecule has 1 saturated heterocycles. The molecule has 1 N–H and O–H groups in total. The molecule has 0 aliphatic carbocycles. The van der Waals surface area contributed by atoms with Gasteiger partial charge in [0.1, 0.15) is 12.7 Å². The van der Waals surface area contributed by atoms with Crippen molar-refractivity contribution in [1.82, 2.24) is 25.0 Å². The van der Waals surface area contributed by atoms with Crippen LogP contribution in [0.2, 0.25) is 0 Å². The van der Waals surface area contributed by atoms with Crippen molar-refractivity contribution in [3.05, 3.63) is 48.5 Å². The highest BCUT2D eigenvalue weighted by Crippen LogP contribution is 2.13. The van der Waals surface area contributed by atoms with Gasteiger partial charge in [0.2, 0.25) is 0 Å². The summed E-state index contributed by atoms with van der Waals surface area (Å²) in [6.07, 6.45) is 5.11. The lowest BCUT2D eigenvalue weighted by Gasteiger charge is -2.33. The summed E-state index contributed by atoms with van der Waals surface area (Å²) < 4.78 is 7.54. The van der Waals surface area contributed by atoms with Crippen molar-refractivity contribution in [3.63, 3.8) is 0 Å². The van der Waals surface area contributed by atoms with Gasteiger partial charge >= 0.3 is 6.03 Å². The smallest absolute Gasteiger partial charge is 0.317 e. The minimum Gasteiger partial charge on any atom is -0.375 e. The number of nitrogens with zero attached hydrogens (tertiary/aromatic N) is 4. The van der Waals surface area contributed by atoms with Crippen molar-refractivity contribution in [3.8, 4) is 0 Å². The van der Waals surface area contributed by atoms with E-state index in [1.165, 1.54) is 11.9 Å². The Hall–Kier alpha value is -2.41. The third-order valence-corrected chi connectivity index (χ3v) is 4.32. The Labute approximate surface area is 148 Å². The third kappa shape index (κ3) is 5.29. The summed E-state index contributed by atoms with van der Waals surface area (Å²) in [4.78, 5) is 18.2. The van der Waals surface area contributed by atoms with E-state index in [2.05, 4.69) is 27.5 Å². The lowest BCUT2D eigenvalue weighted by molar-refractivity contribution is -0.0179. The SMILES string of the molecule is CC(Cn1cncn1)NC(=O)N1CCOC(CCc2ccccc2)C1. The van der Waals surface area contributed by atoms with E-state index in [9.17, 15) is 4.79 Å². The molecule has 1 aliphatic heterocycles. The van der Waals surface area contributed by atoms with Crippen molar-refractivity contribution in [2.75, 3.05) is 19.7 Å². The fourth-order valence-corrected chi connectivity index (χ4v) is 3.01. The first kappa shape index (κ1) is 17.4. The lowest BCUT2D eigenvalue weighted by Crippen LogP contribution is -2.52. The van der Waals surface area contributed by atoms with E-state index in [0.29, 0.717) is 26.2 Å². The summed E-state index contributed by atoms with van der Waals surface area (Å²) in [6.45, 7) is 4.42. The minimum atomic E-state index is -0.0411. The number of aromatic nitrogens is 3. The maximum absolute atomic E-state index is 12.5. The largest absolute Gasteiger partial charge is 0.375 e. The number of aryl methyl sites for hydroxylation is 1. The van der Waals surface area contributed by atoms with E-state index in [-0.39, 0.29) is 18.2 Å². The molecule has 1 aliphatic rings. The second-order valence-corrected chi connectivity index (χ2v) is 6.43. The van der Waals surface area contributed by atoms with Crippen LogP contribution in [0.4, 0.5) is 4.79 Å². The van der Waals surface area contributed by atoms with E-state index >= 15 is 0 Å². The number of carbonyl (C=O) groups is 1. The van der Waals surface area contributed by atoms with Crippen molar-refractivity contribution >= 4 is 6.03 Å². The van der Waals surface area contributed by atoms with Crippen molar-refractivity contribution in [2.24, 2.45) is 0 Å². The summed E-state index contributed by atoms with van der Waals surface area (Å²) in [6, 6.07) is 10.3. The number of carbonyl (C=O) groups excluding carboxylic acids is 1. The van der Waals surface area contributed by atoms with Crippen LogP contribution in [0.1, 0.15) is 18.9 Å². The number of rotatable bonds is 6. The Balaban J connectivity index is 1.44. The molecule has 2 amide bonds. The maximum Gasteiger partial charge on any atom is 0.317 e. The molecule has 7 heteroatoms. The normalized spacial score (nSPS) is 18.8. The van der Waals surface area contributed by atoms with Gasteiger partial charge in [-0.15, -0.1) is 0 Å². The van der Waals surface area contributed by atoms with Crippen LogP contribution < -0.4 is 5.32 Å².